The Morgan fingerprint density at radius 2 is 1.85 bits per heavy atom. The van der Waals surface area contributed by atoms with E-state index in [1.54, 1.807) is 0 Å². The molecule has 0 saturated carbocycles. The summed E-state index contributed by atoms with van der Waals surface area (Å²) in [6.45, 7) is 3.80. The van der Waals surface area contributed by atoms with E-state index >= 15 is 0 Å². The first-order valence-electron chi connectivity index (χ1n) is 6.45. The number of hydrogen-bond acceptors (Lipinski definition) is 3. The zero-order chi connectivity index (χ0) is 14.8. The summed E-state index contributed by atoms with van der Waals surface area (Å²) in [6, 6.07) is 6.89. The Kier molecular flexibility index (Phi) is 4.38. The van der Waals surface area contributed by atoms with Crippen molar-refractivity contribution in [3.8, 4) is 6.07 Å². The molecule has 7 heteroatoms. The zero-order valence-corrected chi connectivity index (χ0v) is 12.0. The summed E-state index contributed by atoms with van der Waals surface area (Å²) in [4.78, 5) is 1.20. The van der Waals surface area contributed by atoms with Gasteiger partial charge in [-0.05, 0) is 24.3 Å². The Labute approximate surface area is 118 Å². The second kappa shape index (κ2) is 5.87. The molecule has 108 valence electrons. The molecule has 0 aliphatic carbocycles. The molecule has 5 nitrogen and oxygen atoms in total. The van der Waals surface area contributed by atoms with Crippen molar-refractivity contribution in [2.75, 3.05) is 26.2 Å². The summed E-state index contributed by atoms with van der Waals surface area (Å²) in [7, 11) is -3.56. The van der Waals surface area contributed by atoms with Crippen LogP contribution in [0.3, 0.4) is 0 Å². The van der Waals surface area contributed by atoms with Gasteiger partial charge in [0.05, 0.1) is 31.1 Å². The average molecular weight is 298 g/mol. The lowest BCUT2D eigenvalue weighted by Gasteiger charge is -2.32. The topological polar surface area (TPSA) is 65.6 Å². The average Bonchev–Trinajstić information content (AvgIpc) is 2.47. The summed E-state index contributed by atoms with van der Waals surface area (Å²) in [6.07, 6.45) is 0. The standard InChI is InChI=1S/C13H16FN3O2S/c1-11(10-15)16-6-8-17(9-7-16)20(18,19)13-4-2-12(14)3-5-13/h2-5,11H,6-9H2,1H3/p+1/t11-/m0/s1. The van der Waals surface area contributed by atoms with Crippen LogP contribution < -0.4 is 4.90 Å². The third kappa shape index (κ3) is 2.98. The van der Waals surface area contributed by atoms with Crippen LogP contribution in [0.4, 0.5) is 4.39 Å². The Morgan fingerprint density at radius 3 is 2.35 bits per heavy atom. The van der Waals surface area contributed by atoms with Gasteiger partial charge in [0.25, 0.3) is 0 Å². The Morgan fingerprint density at radius 1 is 1.30 bits per heavy atom. The number of benzene rings is 1. The van der Waals surface area contributed by atoms with Gasteiger partial charge in [0.1, 0.15) is 11.9 Å². The number of nitrogens with zero attached hydrogens (tertiary/aromatic N) is 2. The first-order chi connectivity index (χ1) is 9.45. The van der Waals surface area contributed by atoms with Crippen molar-refractivity contribution >= 4 is 10.0 Å². The molecule has 0 aromatic heterocycles. The van der Waals surface area contributed by atoms with Crippen molar-refractivity contribution in [2.24, 2.45) is 0 Å². The SMILES string of the molecule is C[C@@H](C#N)[NH+]1CCN(S(=O)(=O)c2ccc(F)cc2)CC1. The minimum Gasteiger partial charge on any atom is -0.319 e. The minimum absolute atomic E-state index is 0.107. The van der Waals surface area contributed by atoms with Crippen molar-refractivity contribution in [2.45, 2.75) is 17.9 Å². The summed E-state index contributed by atoms with van der Waals surface area (Å²) in [5.74, 6) is -0.457. The number of nitrogens with one attached hydrogen (secondary N) is 1. The summed E-state index contributed by atoms with van der Waals surface area (Å²) >= 11 is 0. The third-order valence-electron chi connectivity index (χ3n) is 3.62. The molecule has 1 atom stereocenters. The first-order valence-corrected chi connectivity index (χ1v) is 7.89. The molecular formula is C13H17FN3O2S+. The molecule has 1 fully saturated rings. The zero-order valence-electron chi connectivity index (χ0n) is 11.2. The lowest BCUT2D eigenvalue weighted by Crippen LogP contribution is -3.17. The molecule has 1 aromatic rings. The van der Waals surface area contributed by atoms with Gasteiger partial charge in [-0.25, -0.2) is 12.8 Å². The van der Waals surface area contributed by atoms with Gasteiger partial charge in [0.2, 0.25) is 10.0 Å². The third-order valence-corrected chi connectivity index (χ3v) is 5.53. The highest BCUT2D eigenvalue weighted by atomic mass is 32.2. The van der Waals surface area contributed by atoms with Gasteiger partial charge in [-0.3, -0.25) is 0 Å². The predicted molar refractivity (Wildman–Crippen MR) is 70.9 cm³/mol. The molecule has 1 heterocycles. The molecule has 1 N–H and O–H groups in total. The van der Waals surface area contributed by atoms with Crippen molar-refractivity contribution in [3.63, 3.8) is 0 Å². The molecule has 0 radical (unpaired) electrons. The van der Waals surface area contributed by atoms with Gasteiger partial charge in [0.15, 0.2) is 6.04 Å². The minimum atomic E-state index is -3.56. The molecule has 1 aliphatic rings. The van der Waals surface area contributed by atoms with Crippen LogP contribution in [0.25, 0.3) is 0 Å². The maximum Gasteiger partial charge on any atom is 0.243 e. The molecule has 1 aliphatic heterocycles. The van der Waals surface area contributed by atoms with E-state index in [9.17, 15) is 12.8 Å². The Balaban J connectivity index is 2.10. The molecule has 0 amide bonds. The maximum atomic E-state index is 12.9. The number of nitriles is 1. The fourth-order valence-corrected chi connectivity index (χ4v) is 3.74. The van der Waals surface area contributed by atoms with Crippen LogP contribution in [0.15, 0.2) is 29.2 Å². The molecule has 0 unspecified atom stereocenters. The number of sulfonamides is 1. The van der Waals surface area contributed by atoms with Gasteiger partial charge in [0, 0.05) is 6.92 Å². The Hall–Kier alpha value is -1.49. The number of hydrogen-bond donors (Lipinski definition) is 1. The van der Waals surface area contributed by atoms with Gasteiger partial charge in [-0.2, -0.15) is 9.57 Å². The largest absolute Gasteiger partial charge is 0.319 e. The van der Waals surface area contributed by atoms with E-state index in [-0.39, 0.29) is 10.9 Å². The van der Waals surface area contributed by atoms with E-state index in [1.165, 1.54) is 16.4 Å². The van der Waals surface area contributed by atoms with E-state index in [4.69, 9.17) is 5.26 Å². The van der Waals surface area contributed by atoms with Crippen molar-refractivity contribution in [1.82, 2.24) is 4.31 Å². The number of piperazine rings is 1. The molecule has 1 saturated heterocycles. The van der Waals surface area contributed by atoms with Gasteiger partial charge in [-0.1, -0.05) is 0 Å². The predicted octanol–water partition coefficient (Wildman–Crippen LogP) is -0.373. The highest BCUT2D eigenvalue weighted by Crippen LogP contribution is 2.15. The van der Waals surface area contributed by atoms with Crippen LogP contribution in [0.1, 0.15) is 6.92 Å². The van der Waals surface area contributed by atoms with Crippen LogP contribution in [-0.2, 0) is 10.0 Å². The maximum absolute atomic E-state index is 12.9. The smallest absolute Gasteiger partial charge is 0.243 e. The van der Waals surface area contributed by atoms with Gasteiger partial charge in [-0.15, -0.1) is 0 Å². The van der Waals surface area contributed by atoms with Crippen LogP contribution in [0, 0.1) is 17.1 Å². The fourth-order valence-electron chi connectivity index (χ4n) is 2.29. The lowest BCUT2D eigenvalue weighted by molar-refractivity contribution is -0.918. The highest BCUT2D eigenvalue weighted by molar-refractivity contribution is 7.89. The summed E-state index contributed by atoms with van der Waals surface area (Å²) in [5.41, 5.74) is 0. The van der Waals surface area contributed by atoms with E-state index in [1.807, 2.05) is 6.92 Å². The molecular weight excluding hydrogens is 281 g/mol. The van der Waals surface area contributed by atoms with Crippen LogP contribution >= 0.6 is 0 Å². The Bertz CT molecular complexity index is 601. The summed E-state index contributed by atoms with van der Waals surface area (Å²) in [5, 5.41) is 8.88. The molecule has 2 rings (SSSR count). The van der Waals surface area contributed by atoms with Gasteiger partial charge >= 0.3 is 0 Å². The quantitative estimate of drug-likeness (QED) is 0.828. The molecule has 0 bridgehead atoms. The highest BCUT2D eigenvalue weighted by Gasteiger charge is 2.32. The van der Waals surface area contributed by atoms with E-state index < -0.39 is 15.8 Å². The first kappa shape index (κ1) is 14.9. The molecule has 20 heavy (non-hydrogen) atoms. The van der Waals surface area contributed by atoms with Crippen molar-refractivity contribution < 1.29 is 17.7 Å². The van der Waals surface area contributed by atoms with E-state index in [0.29, 0.717) is 26.2 Å². The monoisotopic (exact) mass is 298 g/mol. The van der Waals surface area contributed by atoms with Gasteiger partial charge < -0.3 is 4.90 Å². The lowest BCUT2D eigenvalue weighted by atomic mass is 10.2. The van der Waals surface area contributed by atoms with E-state index in [0.717, 1.165) is 17.0 Å². The number of halogens is 1. The summed E-state index contributed by atoms with van der Waals surface area (Å²) < 4.78 is 39.0. The van der Waals surface area contributed by atoms with Crippen molar-refractivity contribution in [1.29, 1.82) is 5.26 Å². The molecule has 1 aromatic carbocycles. The molecule has 0 spiro atoms. The van der Waals surface area contributed by atoms with Crippen LogP contribution in [0.5, 0.6) is 0 Å². The van der Waals surface area contributed by atoms with Crippen molar-refractivity contribution in [3.05, 3.63) is 30.1 Å². The fraction of sp³-hybridized carbons (Fsp3) is 0.462. The number of rotatable bonds is 3. The van der Waals surface area contributed by atoms with Crippen LogP contribution in [0.2, 0.25) is 0 Å². The second-order valence-corrected chi connectivity index (χ2v) is 6.80. The normalized spacial score (nSPS) is 19.4. The van der Waals surface area contributed by atoms with E-state index in [2.05, 4.69) is 6.07 Å². The second-order valence-electron chi connectivity index (χ2n) is 4.87. The van der Waals surface area contributed by atoms with Crippen LogP contribution in [-0.4, -0.2) is 44.9 Å². The number of quaternary nitrogens is 1.